The quantitative estimate of drug-likeness (QED) is 0.754. The number of carboxylic acids is 1. The van der Waals surface area contributed by atoms with Gasteiger partial charge in [-0.15, -0.1) is 0 Å². The van der Waals surface area contributed by atoms with E-state index in [1.807, 2.05) is 0 Å². The first-order chi connectivity index (χ1) is 9.50. The van der Waals surface area contributed by atoms with Crippen LogP contribution in [0.1, 0.15) is 20.7 Å². The van der Waals surface area contributed by atoms with Crippen LogP contribution in [0.15, 0.2) is 36.7 Å². The van der Waals surface area contributed by atoms with Gasteiger partial charge in [-0.3, -0.25) is 9.78 Å². The largest absolute Gasteiger partial charge is 0.505 e. The van der Waals surface area contributed by atoms with Gasteiger partial charge in [-0.2, -0.15) is 0 Å². The Bertz CT molecular complexity index is 688. The van der Waals surface area contributed by atoms with Crippen LogP contribution in [-0.2, 0) is 0 Å². The Hall–Kier alpha value is -2.60. The Morgan fingerprint density at radius 1 is 1.20 bits per heavy atom. The summed E-state index contributed by atoms with van der Waals surface area (Å²) in [7, 11) is 0. The molecule has 1 heterocycles. The number of nitrogens with one attached hydrogen (secondary N) is 1. The van der Waals surface area contributed by atoms with Crippen molar-refractivity contribution in [3.63, 3.8) is 0 Å². The van der Waals surface area contributed by atoms with E-state index in [1.54, 1.807) is 0 Å². The van der Waals surface area contributed by atoms with Gasteiger partial charge in [0, 0.05) is 12.4 Å². The fraction of sp³-hybridized carbons (Fsp3) is 0. The number of halogens is 1. The minimum atomic E-state index is -1.29. The lowest BCUT2D eigenvalue weighted by Crippen LogP contribution is -2.13. The fourth-order valence-electron chi connectivity index (χ4n) is 1.55. The van der Waals surface area contributed by atoms with E-state index in [0.29, 0.717) is 0 Å². The fourth-order valence-corrected chi connectivity index (χ4v) is 1.74. The normalized spacial score (nSPS) is 10.1. The zero-order chi connectivity index (χ0) is 14.7. The number of carbonyl (C=O) groups excluding carboxylic acids is 1. The van der Waals surface area contributed by atoms with Gasteiger partial charge in [0.05, 0.1) is 16.3 Å². The lowest BCUT2D eigenvalue weighted by Gasteiger charge is -2.09. The molecule has 3 N–H and O–H groups in total. The third kappa shape index (κ3) is 2.70. The van der Waals surface area contributed by atoms with Crippen LogP contribution in [0.25, 0.3) is 0 Å². The zero-order valence-electron chi connectivity index (χ0n) is 10.0. The van der Waals surface area contributed by atoms with Gasteiger partial charge >= 0.3 is 5.97 Å². The Labute approximate surface area is 118 Å². The molecule has 0 unspecified atom stereocenters. The number of pyridine rings is 1. The molecule has 1 aromatic heterocycles. The summed E-state index contributed by atoms with van der Waals surface area (Å²) in [6.45, 7) is 0. The lowest BCUT2D eigenvalue weighted by atomic mass is 10.1. The van der Waals surface area contributed by atoms with Gasteiger partial charge in [0.1, 0.15) is 5.56 Å². The van der Waals surface area contributed by atoms with Crippen molar-refractivity contribution in [2.45, 2.75) is 0 Å². The molecule has 6 nitrogen and oxygen atoms in total. The molecule has 0 aliphatic rings. The van der Waals surface area contributed by atoms with Crippen LogP contribution < -0.4 is 5.32 Å². The second-order valence-electron chi connectivity index (χ2n) is 3.82. The number of hydrogen-bond donors (Lipinski definition) is 3. The molecule has 0 spiro atoms. The van der Waals surface area contributed by atoms with Crippen LogP contribution in [0.5, 0.6) is 5.75 Å². The first-order valence-corrected chi connectivity index (χ1v) is 5.84. The van der Waals surface area contributed by atoms with E-state index in [0.717, 1.165) is 0 Å². The van der Waals surface area contributed by atoms with Crippen molar-refractivity contribution in [1.82, 2.24) is 4.98 Å². The SMILES string of the molecule is O=C(Nc1cccc(C(=O)O)c1O)c1cnccc1Cl. The van der Waals surface area contributed by atoms with Gasteiger partial charge < -0.3 is 15.5 Å². The summed E-state index contributed by atoms with van der Waals surface area (Å²) in [5, 5.41) is 21.2. The maximum Gasteiger partial charge on any atom is 0.339 e. The second-order valence-corrected chi connectivity index (χ2v) is 4.22. The molecule has 0 saturated heterocycles. The molecular formula is C13H9ClN2O4. The maximum atomic E-state index is 12.0. The topological polar surface area (TPSA) is 99.5 Å². The van der Waals surface area contributed by atoms with Crippen LogP contribution >= 0.6 is 11.6 Å². The van der Waals surface area contributed by atoms with E-state index in [4.69, 9.17) is 16.7 Å². The summed E-state index contributed by atoms with van der Waals surface area (Å²) < 4.78 is 0. The number of aromatic hydroxyl groups is 1. The van der Waals surface area contributed by atoms with Gasteiger partial charge in [-0.05, 0) is 18.2 Å². The van der Waals surface area contributed by atoms with Crippen molar-refractivity contribution in [2.75, 3.05) is 5.32 Å². The molecule has 102 valence electrons. The number of phenols is 1. The molecule has 20 heavy (non-hydrogen) atoms. The first-order valence-electron chi connectivity index (χ1n) is 5.47. The number of para-hydroxylation sites is 1. The Balaban J connectivity index is 2.32. The van der Waals surface area contributed by atoms with Gasteiger partial charge in [0.15, 0.2) is 5.75 Å². The number of carbonyl (C=O) groups is 2. The van der Waals surface area contributed by atoms with Crippen LogP contribution in [0.4, 0.5) is 5.69 Å². The minimum Gasteiger partial charge on any atom is -0.505 e. The second kappa shape index (κ2) is 5.58. The van der Waals surface area contributed by atoms with E-state index in [2.05, 4.69) is 10.3 Å². The summed E-state index contributed by atoms with van der Waals surface area (Å²) in [4.78, 5) is 26.6. The van der Waals surface area contributed by atoms with Crippen LogP contribution in [0.2, 0.25) is 5.02 Å². The number of aromatic nitrogens is 1. The van der Waals surface area contributed by atoms with Gasteiger partial charge in [-0.25, -0.2) is 4.79 Å². The molecule has 0 radical (unpaired) electrons. The van der Waals surface area contributed by atoms with Crippen molar-refractivity contribution in [3.05, 3.63) is 52.8 Å². The van der Waals surface area contributed by atoms with Crippen molar-refractivity contribution < 1.29 is 19.8 Å². The summed E-state index contributed by atoms with van der Waals surface area (Å²) in [6.07, 6.45) is 2.71. The molecule has 0 atom stereocenters. The standard InChI is InChI=1S/C13H9ClN2O4/c14-9-4-5-15-6-8(9)12(18)16-10-3-1-2-7(11(10)17)13(19)20/h1-6,17H,(H,16,18)(H,19,20). The van der Waals surface area contributed by atoms with E-state index in [-0.39, 0.29) is 21.8 Å². The Morgan fingerprint density at radius 2 is 1.95 bits per heavy atom. The number of rotatable bonds is 3. The number of benzene rings is 1. The summed E-state index contributed by atoms with van der Waals surface area (Å²) in [6, 6.07) is 5.46. The molecule has 1 amide bonds. The summed E-state index contributed by atoms with van der Waals surface area (Å²) >= 11 is 5.85. The summed E-state index contributed by atoms with van der Waals surface area (Å²) in [5.74, 6) is -2.41. The molecule has 0 bridgehead atoms. The molecule has 7 heteroatoms. The van der Waals surface area contributed by atoms with E-state index < -0.39 is 17.6 Å². The number of aromatic carboxylic acids is 1. The number of carboxylic acid groups (broad SMARTS) is 1. The Kier molecular flexibility index (Phi) is 3.86. The van der Waals surface area contributed by atoms with Crippen LogP contribution in [0.3, 0.4) is 0 Å². The molecular weight excluding hydrogens is 284 g/mol. The molecule has 0 aliphatic carbocycles. The lowest BCUT2D eigenvalue weighted by molar-refractivity contribution is 0.0693. The first kappa shape index (κ1) is 13.8. The molecule has 2 rings (SSSR count). The summed E-state index contributed by atoms with van der Waals surface area (Å²) in [5.41, 5.74) is -0.204. The molecule has 0 fully saturated rings. The maximum absolute atomic E-state index is 12.0. The van der Waals surface area contributed by atoms with Crippen molar-refractivity contribution >= 4 is 29.2 Å². The number of amides is 1. The molecule has 2 aromatic rings. The monoisotopic (exact) mass is 292 g/mol. The predicted octanol–water partition coefficient (Wildman–Crippen LogP) is 2.39. The van der Waals surface area contributed by atoms with Crippen molar-refractivity contribution in [1.29, 1.82) is 0 Å². The van der Waals surface area contributed by atoms with E-state index in [9.17, 15) is 14.7 Å². The average Bonchev–Trinajstić information content (AvgIpc) is 2.41. The Morgan fingerprint density at radius 3 is 2.60 bits per heavy atom. The zero-order valence-corrected chi connectivity index (χ0v) is 10.8. The number of anilines is 1. The predicted molar refractivity (Wildman–Crippen MR) is 72.3 cm³/mol. The number of hydrogen-bond acceptors (Lipinski definition) is 4. The highest BCUT2D eigenvalue weighted by Gasteiger charge is 2.16. The van der Waals surface area contributed by atoms with Crippen LogP contribution in [-0.4, -0.2) is 27.1 Å². The minimum absolute atomic E-state index is 0.0187. The van der Waals surface area contributed by atoms with Gasteiger partial charge in [0.2, 0.25) is 0 Å². The third-order valence-corrected chi connectivity index (χ3v) is 2.86. The van der Waals surface area contributed by atoms with Crippen molar-refractivity contribution in [2.24, 2.45) is 0 Å². The molecule has 0 aliphatic heterocycles. The third-order valence-electron chi connectivity index (χ3n) is 2.53. The van der Waals surface area contributed by atoms with Crippen molar-refractivity contribution in [3.8, 4) is 5.75 Å². The van der Waals surface area contributed by atoms with E-state index >= 15 is 0 Å². The van der Waals surface area contributed by atoms with Gasteiger partial charge in [0.25, 0.3) is 5.91 Å². The molecule has 1 aromatic carbocycles. The van der Waals surface area contributed by atoms with E-state index in [1.165, 1.54) is 36.7 Å². The molecule has 0 saturated carbocycles. The van der Waals surface area contributed by atoms with Gasteiger partial charge in [-0.1, -0.05) is 17.7 Å². The highest BCUT2D eigenvalue weighted by Crippen LogP contribution is 2.28. The average molecular weight is 293 g/mol. The highest BCUT2D eigenvalue weighted by atomic mass is 35.5. The smallest absolute Gasteiger partial charge is 0.339 e. The van der Waals surface area contributed by atoms with Crippen LogP contribution in [0, 0.1) is 0 Å². The number of nitrogens with zero attached hydrogens (tertiary/aromatic N) is 1. The highest BCUT2D eigenvalue weighted by molar-refractivity contribution is 6.34.